The minimum absolute atomic E-state index is 0.294. The maximum Gasteiger partial charge on any atom is 0.407 e. The van der Waals surface area contributed by atoms with Crippen LogP contribution in [0.5, 0.6) is 5.75 Å². The lowest BCUT2D eigenvalue weighted by molar-refractivity contribution is 0.0696. The molecule has 1 fully saturated rings. The molecule has 2 N–H and O–H groups in total. The summed E-state index contributed by atoms with van der Waals surface area (Å²) in [4.78, 5) is 23.3. The van der Waals surface area contributed by atoms with Gasteiger partial charge in [-0.05, 0) is 62.3 Å². The van der Waals surface area contributed by atoms with Crippen molar-refractivity contribution in [3.05, 3.63) is 29.3 Å². The number of hydrogen-bond donors (Lipinski definition) is 2. The molecule has 6 heteroatoms. The van der Waals surface area contributed by atoms with Crippen LogP contribution in [0, 0.1) is 12.8 Å². The van der Waals surface area contributed by atoms with Gasteiger partial charge in [-0.15, -0.1) is 0 Å². The number of carboxylic acids is 1. The van der Waals surface area contributed by atoms with Crippen molar-refractivity contribution in [2.75, 3.05) is 19.7 Å². The summed E-state index contributed by atoms with van der Waals surface area (Å²) in [7, 11) is 0. The molecule has 1 aromatic carbocycles. The van der Waals surface area contributed by atoms with Gasteiger partial charge in [0, 0.05) is 13.1 Å². The monoisotopic (exact) mass is 321 g/mol. The molecule has 1 heterocycles. The molecule has 1 aliphatic rings. The first-order valence-corrected chi connectivity index (χ1v) is 7.92. The molecule has 0 saturated carbocycles. The number of piperidine rings is 1. The predicted octanol–water partition coefficient (Wildman–Crippen LogP) is 3.24. The molecule has 0 unspecified atom stereocenters. The second-order valence-electron chi connectivity index (χ2n) is 5.99. The van der Waals surface area contributed by atoms with E-state index in [9.17, 15) is 9.59 Å². The zero-order chi connectivity index (χ0) is 16.8. The summed E-state index contributed by atoms with van der Waals surface area (Å²) in [5, 5.41) is 17.9. The van der Waals surface area contributed by atoms with Crippen molar-refractivity contribution in [1.82, 2.24) is 4.90 Å². The second-order valence-corrected chi connectivity index (χ2v) is 5.99. The van der Waals surface area contributed by atoms with Gasteiger partial charge in [0.15, 0.2) is 0 Å². The number of ether oxygens (including phenoxy) is 1. The van der Waals surface area contributed by atoms with Gasteiger partial charge in [-0.3, -0.25) is 0 Å². The van der Waals surface area contributed by atoms with E-state index in [-0.39, 0.29) is 0 Å². The van der Waals surface area contributed by atoms with Crippen molar-refractivity contribution in [1.29, 1.82) is 0 Å². The smallest absolute Gasteiger partial charge is 0.407 e. The van der Waals surface area contributed by atoms with E-state index in [0.717, 1.165) is 25.7 Å². The van der Waals surface area contributed by atoms with Crippen molar-refractivity contribution in [3.63, 3.8) is 0 Å². The Morgan fingerprint density at radius 3 is 2.52 bits per heavy atom. The van der Waals surface area contributed by atoms with Gasteiger partial charge in [-0.1, -0.05) is 0 Å². The van der Waals surface area contributed by atoms with E-state index in [2.05, 4.69) is 0 Å². The van der Waals surface area contributed by atoms with Gasteiger partial charge in [-0.2, -0.15) is 0 Å². The third-order valence-electron chi connectivity index (χ3n) is 4.34. The van der Waals surface area contributed by atoms with Gasteiger partial charge in [0.2, 0.25) is 0 Å². The predicted molar refractivity (Wildman–Crippen MR) is 85.2 cm³/mol. The van der Waals surface area contributed by atoms with Crippen molar-refractivity contribution in [3.8, 4) is 5.75 Å². The van der Waals surface area contributed by atoms with Crippen LogP contribution < -0.4 is 4.74 Å². The quantitative estimate of drug-likeness (QED) is 0.785. The number of amides is 1. The van der Waals surface area contributed by atoms with E-state index in [1.54, 1.807) is 25.1 Å². The normalized spacial score (nSPS) is 15.4. The summed E-state index contributed by atoms with van der Waals surface area (Å²) in [6.45, 7) is 3.59. The van der Waals surface area contributed by atoms with Gasteiger partial charge in [0.05, 0.1) is 12.2 Å². The van der Waals surface area contributed by atoms with Crippen LogP contribution in [0.3, 0.4) is 0 Å². The van der Waals surface area contributed by atoms with Crippen molar-refractivity contribution < 1.29 is 24.5 Å². The van der Waals surface area contributed by atoms with Crippen LogP contribution in [0.15, 0.2) is 18.2 Å². The first-order valence-electron chi connectivity index (χ1n) is 7.92. The van der Waals surface area contributed by atoms with Crippen LogP contribution in [0.25, 0.3) is 0 Å². The third-order valence-corrected chi connectivity index (χ3v) is 4.34. The van der Waals surface area contributed by atoms with Gasteiger partial charge in [0.25, 0.3) is 0 Å². The van der Waals surface area contributed by atoms with Gasteiger partial charge < -0.3 is 19.8 Å². The van der Waals surface area contributed by atoms with Crippen LogP contribution in [-0.4, -0.2) is 46.9 Å². The zero-order valence-corrected chi connectivity index (χ0v) is 13.3. The lowest BCUT2D eigenvalue weighted by atomic mass is 9.92. The lowest BCUT2D eigenvalue weighted by Gasteiger charge is -2.29. The highest BCUT2D eigenvalue weighted by Crippen LogP contribution is 2.22. The van der Waals surface area contributed by atoms with Gasteiger partial charge in [0.1, 0.15) is 5.75 Å². The number of carbonyl (C=O) groups is 2. The largest absolute Gasteiger partial charge is 0.494 e. The minimum Gasteiger partial charge on any atom is -0.494 e. The third kappa shape index (κ3) is 4.87. The standard InChI is InChI=1S/C17H23NO5/c1-12-11-14(4-5-15(12)16(19)20)23-10-2-3-13-6-8-18(9-7-13)17(21)22/h4-5,11,13H,2-3,6-10H2,1H3,(H,19,20)(H,21,22). The highest BCUT2D eigenvalue weighted by Gasteiger charge is 2.21. The average Bonchev–Trinajstić information content (AvgIpc) is 2.51. The number of likely N-dealkylation sites (tertiary alicyclic amines) is 1. The maximum atomic E-state index is 11.0. The molecule has 0 aliphatic carbocycles. The summed E-state index contributed by atoms with van der Waals surface area (Å²) in [6.07, 6.45) is 2.95. The van der Waals surface area contributed by atoms with Crippen LogP contribution in [-0.2, 0) is 0 Å². The van der Waals surface area contributed by atoms with E-state index in [0.29, 0.717) is 42.5 Å². The fourth-order valence-electron chi connectivity index (χ4n) is 2.94. The average molecular weight is 321 g/mol. The number of rotatable bonds is 6. The Balaban J connectivity index is 1.69. The Hall–Kier alpha value is -2.24. The number of hydrogen-bond acceptors (Lipinski definition) is 3. The molecule has 0 bridgehead atoms. The number of nitrogens with zero attached hydrogens (tertiary/aromatic N) is 1. The molecule has 2 rings (SSSR count). The summed E-state index contributed by atoms with van der Waals surface area (Å²) in [5.41, 5.74) is 0.985. The van der Waals surface area contributed by atoms with Crippen molar-refractivity contribution in [2.24, 2.45) is 5.92 Å². The first kappa shape index (κ1) is 17.1. The topological polar surface area (TPSA) is 87.1 Å². The molecular formula is C17H23NO5. The van der Waals surface area contributed by atoms with E-state index in [4.69, 9.17) is 14.9 Å². The number of aromatic carboxylic acids is 1. The molecule has 1 saturated heterocycles. The molecule has 126 valence electrons. The molecule has 0 radical (unpaired) electrons. The highest BCUT2D eigenvalue weighted by atomic mass is 16.5. The zero-order valence-electron chi connectivity index (χ0n) is 13.3. The van der Waals surface area contributed by atoms with Crippen LogP contribution in [0.4, 0.5) is 4.79 Å². The fraction of sp³-hybridized carbons (Fsp3) is 0.529. The minimum atomic E-state index is -0.929. The summed E-state index contributed by atoms with van der Waals surface area (Å²) >= 11 is 0. The van der Waals surface area contributed by atoms with E-state index in [1.165, 1.54) is 4.90 Å². The van der Waals surface area contributed by atoms with E-state index < -0.39 is 12.1 Å². The highest BCUT2D eigenvalue weighted by molar-refractivity contribution is 5.89. The van der Waals surface area contributed by atoms with Gasteiger partial charge >= 0.3 is 12.1 Å². The summed E-state index contributed by atoms with van der Waals surface area (Å²) < 4.78 is 5.67. The molecule has 0 atom stereocenters. The Kier molecular flexibility index (Phi) is 5.84. The molecule has 23 heavy (non-hydrogen) atoms. The Morgan fingerprint density at radius 1 is 1.26 bits per heavy atom. The van der Waals surface area contributed by atoms with Crippen LogP contribution in [0.2, 0.25) is 0 Å². The second kappa shape index (κ2) is 7.85. The van der Waals surface area contributed by atoms with Crippen molar-refractivity contribution in [2.45, 2.75) is 32.6 Å². The number of benzene rings is 1. The first-order chi connectivity index (χ1) is 11.0. The number of aryl methyl sites for hydroxylation is 1. The summed E-state index contributed by atoms with van der Waals surface area (Å²) in [6, 6.07) is 4.99. The fourth-order valence-corrected chi connectivity index (χ4v) is 2.94. The lowest BCUT2D eigenvalue weighted by Crippen LogP contribution is -2.37. The van der Waals surface area contributed by atoms with Crippen LogP contribution in [0.1, 0.15) is 41.6 Å². The van der Waals surface area contributed by atoms with Crippen LogP contribution >= 0.6 is 0 Å². The van der Waals surface area contributed by atoms with Crippen molar-refractivity contribution >= 4 is 12.1 Å². The molecule has 1 amide bonds. The van der Waals surface area contributed by atoms with E-state index >= 15 is 0 Å². The molecule has 6 nitrogen and oxygen atoms in total. The molecule has 1 aliphatic heterocycles. The molecular weight excluding hydrogens is 298 g/mol. The number of carboxylic acid groups (broad SMARTS) is 2. The molecule has 0 aromatic heterocycles. The van der Waals surface area contributed by atoms with E-state index in [1.807, 2.05) is 0 Å². The van der Waals surface area contributed by atoms with Gasteiger partial charge in [-0.25, -0.2) is 9.59 Å². The summed E-state index contributed by atoms with van der Waals surface area (Å²) in [5.74, 6) is 0.320. The Labute approximate surface area is 135 Å². The Bertz CT molecular complexity index is 564. The SMILES string of the molecule is Cc1cc(OCCCC2CCN(C(=O)O)CC2)ccc1C(=O)O. The molecule has 1 aromatic rings. The maximum absolute atomic E-state index is 11.0. The Morgan fingerprint density at radius 2 is 1.96 bits per heavy atom. The molecule has 0 spiro atoms.